The fourth-order valence-electron chi connectivity index (χ4n) is 2.65. The SMILES string of the molecule is CN(CCc1ccc(S(=O)(=O)Nc2nnc(C(F)(F)F)s2)cc1)C(=O)c1cc(Cl)ccc1Cl. The second-order valence-electron chi connectivity index (χ2n) is 6.76. The maximum atomic E-state index is 12.6. The largest absolute Gasteiger partial charge is 0.445 e. The van der Waals surface area contributed by atoms with Crippen molar-refractivity contribution in [2.24, 2.45) is 0 Å². The average Bonchev–Trinajstić information content (AvgIpc) is 3.22. The highest BCUT2D eigenvalue weighted by molar-refractivity contribution is 7.93. The summed E-state index contributed by atoms with van der Waals surface area (Å²) in [5.74, 6) is -0.318. The van der Waals surface area contributed by atoms with Crippen molar-refractivity contribution in [3.8, 4) is 0 Å². The van der Waals surface area contributed by atoms with E-state index in [9.17, 15) is 26.4 Å². The van der Waals surface area contributed by atoms with Crippen LogP contribution in [0.2, 0.25) is 10.0 Å². The maximum absolute atomic E-state index is 12.6. The van der Waals surface area contributed by atoms with Gasteiger partial charge in [0.2, 0.25) is 10.1 Å². The number of aromatic nitrogens is 2. The average molecular weight is 539 g/mol. The first-order chi connectivity index (χ1) is 15.4. The summed E-state index contributed by atoms with van der Waals surface area (Å²) in [6.07, 6.45) is -4.30. The number of anilines is 1. The number of alkyl halides is 3. The Morgan fingerprint density at radius 1 is 1.12 bits per heavy atom. The third kappa shape index (κ3) is 6.34. The van der Waals surface area contributed by atoms with E-state index in [1.54, 1.807) is 25.2 Å². The molecule has 3 aromatic rings. The molecule has 0 aliphatic heterocycles. The number of sulfonamides is 1. The van der Waals surface area contributed by atoms with Gasteiger partial charge in [-0.3, -0.25) is 9.52 Å². The minimum absolute atomic E-state index is 0.0859. The number of nitrogens with one attached hydrogen (secondary N) is 1. The number of hydrogen-bond donors (Lipinski definition) is 1. The van der Waals surface area contributed by atoms with Gasteiger partial charge in [0.15, 0.2) is 0 Å². The smallest absolute Gasteiger partial charge is 0.341 e. The molecule has 0 radical (unpaired) electrons. The zero-order valence-corrected chi connectivity index (χ0v) is 19.9. The van der Waals surface area contributed by atoms with Gasteiger partial charge < -0.3 is 4.90 Å². The number of nitrogens with zero attached hydrogens (tertiary/aromatic N) is 3. The predicted octanol–water partition coefficient (Wildman–Crippen LogP) is 4.98. The molecule has 1 amide bonds. The van der Waals surface area contributed by atoms with Crippen LogP contribution in [0.15, 0.2) is 47.4 Å². The molecule has 0 aliphatic carbocycles. The van der Waals surface area contributed by atoms with Crippen molar-refractivity contribution >= 4 is 55.6 Å². The van der Waals surface area contributed by atoms with Crippen LogP contribution in [0.3, 0.4) is 0 Å². The van der Waals surface area contributed by atoms with Crippen molar-refractivity contribution in [1.29, 1.82) is 0 Å². The topological polar surface area (TPSA) is 92.3 Å². The zero-order valence-electron chi connectivity index (χ0n) is 16.7. The lowest BCUT2D eigenvalue weighted by Gasteiger charge is -2.18. The number of amides is 1. The van der Waals surface area contributed by atoms with E-state index in [1.807, 2.05) is 4.72 Å². The van der Waals surface area contributed by atoms with Gasteiger partial charge in [-0.15, -0.1) is 10.2 Å². The summed E-state index contributed by atoms with van der Waals surface area (Å²) in [4.78, 5) is 13.9. The summed E-state index contributed by atoms with van der Waals surface area (Å²) in [6, 6.07) is 10.3. The van der Waals surface area contributed by atoms with Gasteiger partial charge in [0, 0.05) is 18.6 Å². The summed E-state index contributed by atoms with van der Waals surface area (Å²) in [6.45, 7) is 0.316. The van der Waals surface area contributed by atoms with Crippen LogP contribution >= 0.6 is 34.5 Å². The molecule has 0 fully saturated rings. The molecule has 176 valence electrons. The molecular weight excluding hydrogens is 524 g/mol. The van der Waals surface area contributed by atoms with Gasteiger partial charge >= 0.3 is 6.18 Å². The molecule has 0 unspecified atom stereocenters. The Balaban J connectivity index is 1.63. The molecule has 0 aliphatic rings. The maximum Gasteiger partial charge on any atom is 0.445 e. The van der Waals surface area contributed by atoms with E-state index < -0.39 is 26.3 Å². The molecule has 0 saturated heterocycles. The Bertz CT molecular complexity index is 1270. The van der Waals surface area contributed by atoms with Gasteiger partial charge in [0.25, 0.3) is 15.9 Å². The van der Waals surface area contributed by atoms with Crippen LogP contribution in [0, 0.1) is 0 Å². The van der Waals surface area contributed by atoms with Crippen LogP contribution in [0.5, 0.6) is 0 Å². The molecule has 0 bridgehead atoms. The van der Waals surface area contributed by atoms with Gasteiger partial charge in [-0.2, -0.15) is 13.2 Å². The molecule has 2 aromatic carbocycles. The van der Waals surface area contributed by atoms with Crippen LogP contribution in [-0.4, -0.2) is 43.0 Å². The Morgan fingerprint density at radius 3 is 2.39 bits per heavy atom. The second kappa shape index (κ2) is 9.84. The second-order valence-corrected chi connectivity index (χ2v) is 10.3. The van der Waals surface area contributed by atoms with Gasteiger partial charge in [0.1, 0.15) is 0 Å². The Kier molecular flexibility index (Phi) is 7.52. The fraction of sp³-hybridized carbons (Fsp3) is 0.211. The lowest BCUT2D eigenvalue weighted by molar-refractivity contribution is -0.138. The van der Waals surface area contributed by atoms with Crippen molar-refractivity contribution in [1.82, 2.24) is 15.1 Å². The van der Waals surface area contributed by atoms with Crippen molar-refractivity contribution < 1.29 is 26.4 Å². The van der Waals surface area contributed by atoms with Crippen LogP contribution in [0.1, 0.15) is 20.9 Å². The number of likely N-dealkylation sites (N-methyl/N-ethyl adjacent to an activating group) is 1. The number of carbonyl (C=O) groups is 1. The highest BCUT2D eigenvalue weighted by atomic mass is 35.5. The molecule has 33 heavy (non-hydrogen) atoms. The van der Waals surface area contributed by atoms with Crippen molar-refractivity contribution in [3.05, 3.63) is 68.6 Å². The quantitative estimate of drug-likeness (QED) is 0.458. The van der Waals surface area contributed by atoms with E-state index in [0.717, 1.165) is 5.56 Å². The molecule has 14 heteroatoms. The molecule has 1 N–H and O–H groups in total. The summed E-state index contributed by atoms with van der Waals surface area (Å²) in [5.41, 5.74) is 1.01. The molecule has 3 rings (SSSR count). The van der Waals surface area contributed by atoms with E-state index >= 15 is 0 Å². The summed E-state index contributed by atoms with van der Waals surface area (Å²) >= 11 is 12.1. The first-order valence-electron chi connectivity index (χ1n) is 9.10. The normalized spacial score (nSPS) is 11.9. The van der Waals surface area contributed by atoms with Gasteiger partial charge in [-0.05, 0) is 42.3 Å². The summed E-state index contributed by atoms with van der Waals surface area (Å²) in [5, 5.41) is 5.05. The molecule has 0 saturated carbocycles. The number of carbonyl (C=O) groups excluding carboxylic acids is 1. The predicted molar refractivity (Wildman–Crippen MR) is 119 cm³/mol. The molecule has 1 aromatic heterocycles. The first kappa shape index (κ1) is 25.2. The molecule has 7 nitrogen and oxygen atoms in total. The van der Waals surface area contributed by atoms with Crippen molar-refractivity contribution in [2.45, 2.75) is 17.5 Å². The first-order valence-corrected chi connectivity index (χ1v) is 12.2. The van der Waals surface area contributed by atoms with Crippen LogP contribution < -0.4 is 4.72 Å². The van der Waals surface area contributed by atoms with Gasteiger partial charge in [-0.25, -0.2) is 8.42 Å². The molecule has 0 spiro atoms. The number of rotatable bonds is 7. The zero-order chi connectivity index (χ0) is 24.4. The molecular formula is C19H15Cl2F3N4O3S2. The van der Waals surface area contributed by atoms with Gasteiger partial charge in [-0.1, -0.05) is 46.7 Å². The summed E-state index contributed by atoms with van der Waals surface area (Å²) in [7, 11) is -2.56. The minimum atomic E-state index is -4.71. The lowest BCUT2D eigenvalue weighted by atomic mass is 10.1. The van der Waals surface area contributed by atoms with E-state index in [-0.39, 0.29) is 32.7 Å². The number of hydrogen-bond acceptors (Lipinski definition) is 6. The Morgan fingerprint density at radius 2 is 1.79 bits per heavy atom. The Hall–Kier alpha value is -2.41. The van der Waals surface area contributed by atoms with Crippen LogP contribution in [-0.2, 0) is 22.6 Å². The number of halogens is 5. The third-order valence-corrected chi connectivity index (χ3v) is 7.30. The lowest BCUT2D eigenvalue weighted by Crippen LogP contribution is -2.29. The third-order valence-electron chi connectivity index (χ3n) is 4.36. The van der Waals surface area contributed by atoms with Crippen LogP contribution in [0.4, 0.5) is 18.3 Å². The van der Waals surface area contributed by atoms with Gasteiger partial charge in [0.05, 0.1) is 15.5 Å². The fourth-order valence-corrected chi connectivity index (χ4v) is 4.86. The minimum Gasteiger partial charge on any atom is -0.341 e. The standard InChI is InChI=1S/C19H15Cl2F3N4O3S2/c1-28(16(29)14-10-12(20)4-7-15(14)21)9-8-11-2-5-13(6-3-11)33(30,31)27-18-26-25-17(32-18)19(22,23)24/h2-7,10H,8-9H2,1H3,(H,26,27). The highest BCUT2D eigenvalue weighted by Crippen LogP contribution is 2.33. The van der Waals surface area contributed by atoms with E-state index in [4.69, 9.17) is 23.2 Å². The van der Waals surface area contributed by atoms with Crippen molar-refractivity contribution in [2.75, 3.05) is 18.3 Å². The van der Waals surface area contributed by atoms with Crippen LogP contribution in [0.25, 0.3) is 0 Å². The van der Waals surface area contributed by atoms with E-state index in [0.29, 0.717) is 18.0 Å². The molecule has 1 heterocycles. The van der Waals surface area contributed by atoms with E-state index in [2.05, 4.69) is 10.2 Å². The molecule has 0 atom stereocenters. The van der Waals surface area contributed by atoms with Crippen molar-refractivity contribution in [3.63, 3.8) is 0 Å². The van der Waals surface area contributed by atoms with E-state index in [1.165, 1.54) is 29.2 Å². The monoisotopic (exact) mass is 538 g/mol. The highest BCUT2D eigenvalue weighted by Gasteiger charge is 2.36. The Labute approximate surface area is 201 Å². The summed E-state index contributed by atoms with van der Waals surface area (Å²) < 4.78 is 64.6. The number of benzene rings is 2.